The van der Waals surface area contributed by atoms with E-state index in [4.69, 9.17) is 4.74 Å². The van der Waals surface area contributed by atoms with Gasteiger partial charge in [-0.2, -0.15) is 0 Å². The summed E-state index contributed by atoms with van der Waals surface area (Å²) >= 11 is 0. The molecule has 1 N–H and O–H groups in total. The fourth-order valence-corrected chi connectivity index (χ4v) is 2.15. The van der Waals surface area contributed by atoms with Gasteiger partial charge in [0, 0.05) is 12.2 Å². The molecule has 0 saturated heterocycles. The van der Waals surface area contributed by atoms with Crippen molar-refractivity contribution in [2.75, 3.05) is 16.8 Å². The molecule has 0 saturated carbocycles. The Hall–Kier alpha value is -2.56. The van der Waals surface area contributed by atoms with Gasteiger partial charge in [-0.1, -0.05) is 18.2 Å². The molecule has 0 radical (unpaired) electrons. The van der Waals surface area contributed by atoms with Gasteiger partial charge >= 0.3 is 6.09 Å². The maximum absolute atomic E-state index is 11.7. The highest BCUT2D eigenvalue weighted by Gasteiger charge is 2.16. The van der Waals surface area contributed by atoms with Crippen molar-refractivity contribution < 1.29 is 9.53 Å². The molecule has 0 fully saturated rings. The van der Waals surface area contributed by atoms with Gasteiger partial charge in [0.2, 0.25) is 0 Å². The Morgan fingerprint density at radius 2 is 1.83 bits per heavy atom. The van der Waals surface area contributed by atoms with Gasteiger partial charge < -0.3 is 9.64 Å². The molecule has 0 atom stereocenters. The summed E-state index contributed by atoms with van der Waals surface area (Å²) < 4.78 is 5.21. The van der Waals surface area contributed by atoms with Crippen LogP contribution in [0.25, 0.3) is 0 Å². The molecule has 1 aromatic carbocycles. The fraction of sp³-hybridized carbons (Fsp3) is 0.333. The van der Waals surface area contributed by atoms with Crippen molar-refractivity contribution in [1.29, 1.82) is 0 Å². The molecule has 5 nitrogen and oxygen atoms in total. The molecule has 2 aromatic rings. The van der Waals surface area contributed by atoms with Gasteiger partial charge in [0.15, 0.2) is 0 Å². The number of benzene rings is 1. The van der Waals surface area contributed by atoms with Gasteiger partial charge in [0.1, 0.15) is 11.4 Å². The number of ether oxygens (including phenoxy) is 1. The van der Waals surface area contributed by atoms with Crippen LogP contribution in [-0.2, 0) is 4.74 Å². The van der Waals surface area contributed by atoms with Crippen LogP contribution < -0.4 is 10.2 Å². The Labute approximate surface area is 137 Å². The van der Waals surface area contributed by atoms with E-state index < -0.39 is 11.7 Å². The zero-order valence-corrected chi connectivity index (χ0v) is 14.0. The van der Waals surface area contributed by atoms with Crippen molar-refractivity contribution >= 4 is 23.3 Å². The molecule has 122 valence electrons. The number of nitrogens with zero attached hydrogens (tertiary/aromatic N) is 2. The third kappa shape index (κ3) is 4.98. The maximum Gasteiger partial charge on any atom is 0.413 e. The fourth-order valence-electron chi connectivity index (χ4n) is 2.15. The van der Waals surface area contributed by atoms with Crippen molar-refractivity contribution in [3.8, 4) is 0 Å². The number of hydrogen-bond donors (Lipinski definition) is 1. The number of aromatic nitrogens is 1. The number of nitrogens with one attached hydrogen (secondary N) is 1. The normalized spacial score (nSPS) is 11.0. The number of para-hydroxylation sites is 1. The highest BCUT2D eigenvalue weighted by Crippen LogP contribution is 2.24. The second-order valence-electron chi connectivity index (χ2n) is 6.11. The van der Waals surface area contributed by atoms with E-state index in [2.05, 4.69) is 34.3 Å². The summed E-state index contributed by atoms with van der Waals surface area (Å²) in [6.45, 7) is 8.37. The van der Waals surface area contributed by atoms with E-state index in [0.717, 1.165) is 17.9 Å². The van der Waals surface area contributed by atoms with Gasteiger partial charge in [-0.3, -0.25) is 5.32 Å². The van der Waals surface area contributed by atoms with Crippen LogP contribution in [-0.4, -0.2) is 23.2 Å². The molecule has 0 unspecified atom stereocenters. The zero-order valence-electron chi connectivity index (χ0n) is 14.0. The van der Waals surface area contributed by atoms with Crippen LogP contribution in [0.2, 0.25) is 0 Å². The molecular formula is C18H23N3O2. The van der Waals surface area contributed by atoms with Crippen LogP contribution >= 0.6 is 0 Å². The summed E-state index contributed by atoms with van der Waals surface area (Å²) in [5.41, 5.74) is 1.54. The summed E-state index contributed by atoms with van der Waals surface area (Å²) in [6.07, 6.45) is 1.23. The Kier molecular flexibility index (Phi) is 5.21. The Morgan fingerprint density at radius 1 is 1.13 bits per heavy atom. The van der Waals surface area contributed by atoms with Gasteiger partial charge in [-0.15, -0.1) is 0 Å². The van der Waals surface area contributed by atoms with Gasteiger partial charge in [0.05, 0.1) is 11.9 Å². The lowest BCUT2D eigenvalue weighted by Crippen LogP contribution is -2.27. The lowest BCUT2D eigenvalue weighted by molar-refractivity contribution is 0.0635. The van der Waals surface area contributed by atoms with Crippen LogP contribution in [0.15, 0.2) is 48.7 Å². The van der Waals surface area contributed by atoms with E-state index in [9.17, 15) is 4.79 Å². The Balaban J connectivity index is 2.08. The monoisotopic (exact) mass is 313 g/mol. The maximum atomic E-state index is 11.7. The van der Waals surface area contributed by atoms with Gasteiger partial charge in [0.25, 0.3) is 0 Å². The summed E-state index contributed by atoms with van der Waals surface area (Å²) in [5.74, 6) is 0.465. The average molecular weight is 313 g/mol. The summed E-state index contributed by atoms with van der Waals surface area (Å²) in [4.78, 5) is 18.2. The first-order valence-electron chi connectivity index (χ1n) is 7.67. The minimum absolute atomic E-state index is 0.465. The first-order valence-corrected chi connectivity index (χ1v) is 7.67. The molecule has 0 spiro atoms. The Morgan fingerprint density at radius 3 is 2.35 bits per heavy atom. The SMILES string of the molecule is CCN(c1ccccc1)c1ccc(NC(=O)OC(C)(C)C)nc1. The van der Waals surface area contributed by atoms with E-state index in [-0.39, 0.29) is 0 Å². The predicted octanol–water partition coefficient (Wildman–Crippen LogP) is 4.59. The van der Waals surface area contributed by atoms with Gasteiger partial charge in [-0.05, 0) is 52.0 Å². The average Bonchev–Trinajstić information content (AvgIpc) is 2.49. The molecule has 0 aliphatic carbocycles. The number of rotatable bonds is 4. The number of anilines is 3. The van der Waals surface area contributed by atoms with E-state index in [0.29, 0.717) is 5.82 Å². The third-order valence-electron chi connectivity index (χ3n) is 3.07. The van der Waals surface area contributed by atoms with Crippen molar-refractivity contribution in [2.24, 2.45) is 0 Å². The zero-order chi connectivity index (χ0) is 16.9. The van der Waals surface area contributed by atoms with E-state index in [1.807, 2.05) is 45.0 Å². The van der Waals surface area contributed by atoms with Gasteiger partial charge in [-0.25, -0.2) is 9.78 Å². The summed E-state index contributed by atoms with van der Waals surface area (Å²) in [7, 11) is 0. The quantitative estimate of drug-likeness (QED) is 0.897. The van der Waals surface area contributed by atoms with Crippen LogP contribution in [0.5, 0.6) is 0 Å². The second kappa shape index (κ2) is 7.13. The largest absolute Gasteiger partial charge is 0.444 e. The van der Waals surface area contributed by atoms with E-state index in [1.165, 1.54) is 0 Å². The van der Waals surface area contributed by atoms with E-state index >= 15 is 0 Å². The second-order valence-corrected chi connectivity index (χ2v) is 6.11. The van der Waals surface area contributed by atoms with Crippen LogP contribution in [0.4, 0.5) is 22.0 Å². The van der Waals surface area contributed by atoms with Crippen LogP contribution in [0.1, 0.15) is 27.7 Å². The third-order valence-corrected chi connectivity index (χ3v) is 3.07. The molecule has 0 aliphatic rings. The standard InChI is InChI=1S/C18H23N3O2/c1-5-21(14-9-7-6-8-10-14)15-11-12-16(19-13-15)20-17(22)23-18(2,3)4/h6-13H,5H2,1-4H3,(H,19,20,22). The molecule has 5 heteroatoms. The minimum atomic E-state index is -0.531. The first kappa shape index (κ1) is 16.8. The highest BCUT2D eigenvalue weighted by atomic mass is 16.6. The number of carbonyl (C=O) groups excluding carboxylic acids is 1. The summed E-state index contributed by atoms with van der Waals surface area (Å²) in [5, 5.41) is 2.63. The van der Waals surface area contributed by atoms with Crippen LogP contribution in [0.3, 0.4) is 0 Å². The highest BCUT2D eigenvalue weighted by molar-refractivity contribution is 5.83. The molecule has 23 heavy (non-hydrogen) atoms. The lowest BCUT2D eigenvalue weighted by atomic mass is 10.2. The molecule has 1 heterocycles. The molecule has 2 rings (SSSR count). The molecule has 0 aliphatic heterocycles. The summed E-state index contributed by atoms with van der Waals surface area (Å²) in [6, 6.07) is 13.8. The number of hydrogen-bond acceptors (Lipinski definition) is 4. The molecule has 1 aromatic heterocycles. The topological polar surface area (TPSA) is 54.5 Å². The molecular weight excluding hydrogens is 290 g/mol. The number of carbonyl (C=O) groups is 1. The molecule has 0 bridgehead atoms. The van der Waals surface area contributed by atoms with E-state index in [1.54, 1.807) is 12.3 Å². The Bertz CT molecular complexity index is 634. The number of amides is 1. The van der Waals surface area contributed by atoms with Crippen molar-refractivity contribution in [3.63, 3.8) is 0 Å². The minimum Gasteiger partial charge on any atom is -0.444 e. The predicted molar refractivity (Wildman–Crippen MR) is 93.2 cm³/mol. The van der Waals surface area contributed by atoms with Crippen molar-refractivity contribution in [3.05, 3.63) is 48.7 Å². The smallest absolute Gasteiger partial charge is 0.413 e. The molecule has 1 amide bonds. The lowest BCUT2D eigenvalue weighted by Gasteiger charge is -2.23. The number of pyridine rings is 1. The van der Waals surface area contributed by atoms with Crippen molar-refractivity contribution in [2.45, 2.75) is 33.3 Å². The first-order chi connectivity index (χ1) is 10.9. The van der Waals surface area contributed by atoms with Crippen LogP contribution in [0, 0.1) is 0 Å². The van der Waals surface area contributed by atoms with Crippen molar-refractivity contribution in [1.82, 2.24) is 4.98 Å².